The predicted octanol–water partition coefficient (Wildman–Crippen LogP) is -0.554. The van der Waals surface area contributed by atoms with Gasteiger partial charge in [-0.05, 0) is 12.3 Å². The highest BCUT2D eigenvalue weighted by Gasteiger charge is 2.42. The zero-order chi connectivity index (χ0) is 16.6. The van der Waals surface area contributed by atoms with E-state index in [-0.39, 0.29) is 17.9 Å². The second kappa shape index (κ2) is 6.21. The van der Waals surface area contributed by atoms with Gasteiger partial charge in [0.25, 0.3) is 5.91 Å². The van der Waals surface area contributed by atoms with Crippen LogP contribution in [-0.2, 0) is 21.8 Å². The quantitative estimate of drug-likeness (QED) is 0.792. The summed E-state index contributed by atoms with van der Waals surface area (Å²) >= 11 is 0. The summed E-state index contributed by atoms with van der Waals surface area (Å²) < 4.78 is 32.4. The molecule has 128 valence electrons. The van der Waals surface area contributed by atoms with Gasteiger partial charge >= 0.3 is 0 Å². The Labute approximate surface area is 135 Å². The lowest BCUT2D eigenvalue weighted by molar-refractivity contribution is 0.0744. The van der Waals surface area contributed by atoms with E-state index in [0.29, 0.717) is 38.0 Å². The molecule has 2 saturated heterocycles. The number of aryl methyl sites for hydroxylation is 1. The Bertz CT molecular complexity index is 687. The number of nitrogens with one attached hydrogen (secondary N) is 1. The highest BCUT2D eigenvalue weighted by molar-refractivity contribution is 7.88. The van der Waals surface area contributed by atoms with Crippen LogP contribution in [0, 0.1) is 11.8 Å². The smallest absolute Gasteiger partial charge is 0.287 e. The van der Waals surface area contributed by atoms with Crippen molar-refractivity contribution in [2.45, 2.75) is 12.5 Å². The maximum atomic E-state index is 12.1. The van der Waals surface area contributed by atoms with Gasteiger partial charge in [0, 0.05) is 45.0 Å². The second-order valence-corrected chi connectivity index (χ2v) is 8.26. The fourth-order valence-corrected chi connectivity index (χ4v) is 4.25. The Balaban J connectivity index is 1.60. The molecule has 0 aromatic carbocycles. The van der Waals surface area contributed by atoms with Gasteiger partial charge in [-0.1, -0.05) is 0 Å². The summed E-state index contributed by atoms with van der Waals surface area (Å²) in [6, 6.07) is 0. The van der Waals surface area contributed by atoms with Gasteiger partial charge in [-0.15, -0.1) is 0 Å². The average Bonchev–Trinajstić information content (AvgIpc) is 3.09. The Hall–Kier alpha value is -1.45. The fourth-order valence-electron chi connectivity index (χ4n) is 3.37. The van der Waals surface area contributed by atoms with Crippen LogP contribution in [0.5, 0.6) is 0 Å². The third kappa shape index (κ3) is 3.41. The molecule has 23 heavy (non-hydrogen) atoms. The van der Waals surface area contributed by atoms with Gasteiger partial charge in [-0.25, -0.2) is 17.7 Å². The third-order valence-electron chi connectivity index (χ3n) is 4.73. The van der Waals surface area contributed by atoms with Crippen molar-refractivity contribution in [3.63, 3.8) is 0 Å². The summed E-state index contributed by atoms with van der Waals surface area (Å²) in [5.74, 6) is 0.587. The van der Waals surface area contributed by atoms with Crippen LogP contribution >= 0.6 is 0 Å². The van der Waals surface area contributed by atoms with E-state index in [9.17, 15) is 13.2 Å². The largest absolute Gasteiger partial charge is 0.376 e. The first-order valence-corrected chi connectivity index (χ1v) is 9.53. The summed E-state index contributed by atoms with van der Waals surface area (Å²) in [4.78, 5) is 16.1. The van der Waals surface area contributed by atoms with Gasteiger partial charge in [0.15, 0.2) is 5.82 Å². The van der Waals surface area contributed by atoms with Gasteiger partial charge in [0.2, 0.25) is 10.0 Å². The van der Waals surface area contributed by atoms with Crippen molar-refractivity contribution in [1.82, 2.24) is 19.2 Å². The zero-order valence-electron chi connectivity index (χ0n) is 13.3. The third-order valence-corrected chi connectivity index (χ3v) is 6.00. The number of piperidine rings is 1. The SMILES string of the molecule is Cn1ccnc1C(=O)NC[C@@H]1OC[C@H]2CCN(S(C)(=O)=O)C[C@H]21. The van der Waals surface area contributed by atoms with E-state index in [0.717, 1.165) is 6.42 Å². The van der Waals surface area contributed by atoms with E-state index < -0.39 is 10.0 Å². The molecule has 1 amide bonds. The predicted molar refractivity (Wildman–Crippen MR) is 83.3 cm³/mol. The van der Waals surface area contributed by atoms with Crippen molar-refractivity contribution in [1.29, 1.82) is 0 Å². The average molecular weight is 342 g/mol. The first kappa shape index (κ1) is 16.4. The standard InChI is InChI=1S/C14H22N4O4S/c1-17-6-4-15-13(17)14(19)16-7-12-11-8-18(23(2,20)21)5-3-10(11)9-22-12/h4,6,10-12H,3,5,7-9H2,1-2H3,(H,16,19)/t10-,11-,12+/m1/s1. The van der Waals surface area contributed by atoms with Gasteiger partial charge in [0.1, 0.15) is 0 Å². The molecule has 2 fully saturated rings. The number of nitrogens with zero attached hydrogens (tertiary/aromatic N) is 3. The molecule has 0 spiro atoms. The highest BCUT2D eigenvalue weighted by atomic mass is 32.2. The minimum atomic E-state index is -3.18. The van der Waals surface area contributed by atoms with Crippen molar-refractivity contribution in [2.24, 2.45) is 18.9 Å². The Morgan fingerprint density at radius 3 is 2.96 bits per heavy atom. The van der Waals surface area contributed by atoms with Crippen molar-refractivity contribution in [2.75, 3.05) is 32.5 Å². The summed E-state index contributed by atoms with van der Waals surface area (Å²) in [5.41, 5.74) is 0. The minimum absolute atomic E-state index is 0.125. The van der Waals surface area contributed by atoms with E-state index in [1.807, 2.05) is 0 Å². The summed E-state index contributed by atoms with van der Waals surface area (Å²) in [5, 5.41) is 2.84. The number of hydrogen-bond donors (Lipinski definition) is 1. The lowest BCUT2D eigenvalue weighted by atomic mass is 9.85. The molecule has 0 unspecified atom stereocenters. The molecule has 0 bridgehead atoms. The Morgan fingerprint density at radius 2 is 2.30 bits per heavy atom. The van der Waals surface area contributed by atoms with Crippen molar-refractivity contribution in [3.8, 4) is 0 Å². The molecule has 2 aliphatic rings. The number of fused-ring (bicyclic) bond motifs is 1. The maximum absolute atomic E-state index is 12.1. The number of hydrogen-bond acceptors (Lipinski definition) is 5. The van der Waals surface area contributed by atoms with E-state index >= 15 is 0 Å². The number of ether oxygens (including phenoxy) is 1. The number of sulfonamides is 1. The lowest BCUT2D eigenvalue weighted by Crippen LogP contribution is -2.47. The van der Waals surface area contributed by atoms with Crippen LogP contribution in [-0.4, -0.2) is 66.8 Å². The van der Waals surface area contributed by atoms with E-state index in [4.69, 9.17) is 4.74 Å². The summed E-state index contributed by atoms with van der Waals surface area (Å²) in [6.07, 6.45) is 5.17. The van der Waals surface area contributed by atoms with Crippen molar-refractivity contribution >= 4 is 15.9 Å². The number of imidazole rings is 1. The highest BCUT2D eigenvalue weighted by Crippen LogP contribution is 2.34. The number of carbonyl (C=O) groups excluding carboxylic acids is 1. The van der Waals surface area contributed by atoms with Crippen LogP contribution in [0.2, 0.25) is 0 Å². The van der Waals surface area contributed by atoms with Crippen molar-refractivity contribution in [3.05, 3.63) is 18.2 Å². The first-order valence-electron chi connectivity index (χ1n) is 7.68. The molecule has 8 nitrogen and oxygen atoms in total. The van der Waals surface area contributed by atoms with Crippen LogP contribution in [0.1, 0.15) is 17.0 Å². The molecule has 9 heteroatoms. The topological polar surface area (TPSA) is 93.5 Å². The Morgan fingerprint density at radius 1 is 1.52 bits per heavy atom. The number of rotatable bonds is 4. The number of aromatic nitrogens is 2. The maximum Gasteiger partial charge on any atom is 0.287 e. The van der Waals surface area contributed by atoms with Crippen LogP contribution in [0.3, 0.4) is 0 Å². The lowest BCUT2D eigenvalue weighted by Gasteiger charge is -2.34. The monoisotopic (exact) mass is 342 g/mol. The van der Waals surface area contributed by atoms with Gasteiger partial charge < -0.3 is 14.6 Å². The summed E-state index contributed by atoms with van der Waals surface area (Å²) in [7, 11) is -1.42. The summed E-state index contributed by atoms with van der Waals surface area (Å²) in [6.45, 7) is 2.01. The molecule has 1 aromatic heterocycles. The van der Waals surface area contributed by atoms with E-state index in [1.165, 1.54) is 10.6 Å². The molecule has 0 aliphatic carbocycles. The molecular formula is C14H22N4O4S. The normalized spacial score (nSPS) is 28.5. The van der Waals surface area contributed by atoms with Crippen LogP contribution in [0.4, 0.5) is 0 Å². The molecule has 3 heterocycles. The molecule has 1 N–H and O–H groups in total. The van der Waals surface area contributed by atoms with E-state index in [1.54, 1.807) is 24.0 Å². The van der Waals surface area contributed by atoms with Gasteiger partial charge in [0.05, 0.1) is 19.0 Å². The zero-order valence-corrected chi connectivity index (χ0v) is 14.1. The molecule has 3 rings (SSSR count). The second-order valence-electron chi connectivity index (χ2n) is 6.28. The first-order chi connectivity index (χ1) is 10.9. The molecule has 3 atom stereocenters. The van der Waals surface area contributed by atoms with Crippen LogP contribution < -0.4 is 5.32 Å². The molecule has 1 aromatic rings. The van der Waals surface area contributed by atoms with Gasteiger partial charge in [-0.3, -0.25) is 4.79 Å². The fraction of sp³-hybridized carbons (Fsp3) is 0.714. The molecule has 2 aliphatic heterocycles. The number of carbonyl (C=O) groups is 1. The van der Waals surface area contributed by atoms with Crippen LogP contribution in [0.15, 0.2) is 12.4 Å². The van der Waals surface area contributed by atoms with Crippen molar-refractivity contribution < 1.29 is 17.9 Å². The molecular weight excluding hydrogens is 320 g/mol. The van der Waals surface area contributed by atoms with Crippen LogP contribution in [0.25, 0.3) is 0 Å². The number of amides is 1. The minimum Gasteiger partial charge on any atom is -0.376 e. The molecule has 0 radical (unpaired) electrons. The molecule has 0 saturated carbocycles. The van der Waals surface area contributed by atoms with Gasteiger partial charge in [-0.2, -0.15) is 0 Å². The van der Waals surface area contributed by atoms with E-state index in [2.05, 4.69) is 10.3 Å². The Kier molecular flexibility index (Phi) is 4.43.